The summed E-state index contributed by atoms with van der Waals surface area (Å²) in [6.07, 6.45) is 1.27. The zero-order valence-electron chi connectivity index (χ0n) is 18.8. The quantitative estimate of drug-likeness (QED) is 0.464. The topological polar surface area (TPSA) is 67.2 Å². The molecule has 6 heteroatoms. The summed E-state index contributed by atoms with van der Waals surface area (Å²) in [6.45, 7) is 1.07. The van der Waals surface area contributed by atoms with Crippen LogP contribution < -0.4 is 5.32 Å². The van der Waals surface area contributed by atoms with Gasteiger partial charge in [0.05, 0.1) is 11.4 Å². The number of likely N-dealkylation sites (tertiary alicyclic amines) is 1. The molecule has 1 aliphatic rings. The van der Waals surface area contributed by atoms with Gasteiger partial charge in [-0.2, -0.15) is 5.10 Å². The minimum atomic E-state index is -0.108. The Kier molecular flexibility index (Phi) is 6.21. The molecule has 1 saturated heterocycles. The highest BCUT2D eigenvalue weighted by atomic mass is 16.2. The van der Waals surface area contributed by atoms with Gasteiger partial charge in [0.25, 0.3) is 5.91 Å². The van der Waals surface area contributed by atoms with Crippen LogP contribution in [0.3, 0.4) is 0 Å². The third-order valence-electron chi connectivity index (χ3n) is 6.19. The van der Waals surface area contributed by atoms with E-state index in [0.29, 0.717) is 31.6 Å². The first-order valence-electron chi connectivity index (χ1n) is 11.5. The number of nitrogens with zero attached hydrogens (tertiary/aromatic N) is 3. The van der Waals surface area contributed by atoms with Crippen LogP contribution in [0, 0.1) is 5.92 Å². The van der Waals surface area contributed by atoms with Crippen molar-refractivity contribution in [1.82, 2.24) is 14.7 Å². The zero-order chi connectivity index (χ0) is 23.3. The number of nitrogens with one attached hydrogen (secondary N) is 1. The molecule has 0 aliphatic carbocycles. The number of aromatic nitrogens is 2. The second-order valence-corrected chi connectivity index (χ2v) is 8.45. The number of amides is 2. The predicted molar refractivity (Wildman–Crippen MR) is 133 cm³/mol. The van der Waals surface area contributed by atoms with Gasteiger partial charge in [0.15, 0.2) is 0 Å². The third-order valence-corrected chi connectivity index (χ3v) is 6.19. The van der Waals surface area contributed by atoms with Gasteiger partial charge in [-0.25, -0.2) is 4.68 Å². The average Bonchev–Trinajstić information content (AvgIpc) is 3.36. The van der Waals surface area contributed by atoms with Gasteiger partial charge in [-0.05, 0) is 43.2 Å². The van der Waals surface area contributed by atoms with E-state index < -0.39 is 0 Å². The molecule has 0 bridgehead atoms. The van der Waals surface area contributed by atoms with E-state index in [1.54, 1.807) is 4.68 Å². The Hall–Kier alpha value is -4.19. The van der Waals surface area contributed by atoms with Crippen LogP contribution in [0.1, 0.15) is 23.3 Å². The average molecular weight is 451 g/mol. The first-order valence-corrected chi connectivity index (χ1v) is 11.5. The van der Waals surface area contributed by atoms with Crippen LogP contribution in [-0.2, 0) is 4.79 Å². The van der Waals surface area contributed by atoms with Crippen molar-refractivity contribution in [1.29, 1.82) is 0 Å². The van der Waals surface area contributed by atoms with Crippen LogP contribution in [0.2, 0.25) is 0 Å². The minimum absolute atomic E-state index is 0.0130. The van der Waals surface area contributed by atoms with Crippen molar-refractivity contribution in [3.05, 3.63) is 103 Å². The van der Waals surface area contributed by atoms with E-state index in [4.69, 9.17) is 5.10 Å². The van der Waals surface area contributed by atoms with Crippen molar-refractivity contribution in [2.24, 2.45) is 5.92 Å². The van der Waals surface area contributed by atoms with Crippen molar-refractivity contribution in [3.63, 3.8) is 0 Å². The minimum Gasteiger partial charge on any atom is -0.337 e. The lowest BCUT2D eigenvalue weighted by Crippen LogP contribution is -2.42. The fourth-order valence-corrected chi connectivity index (χ4v) is 4.32. The Morgan fingerprint density at radius 2 is 1.38 bits per heavy atom. The Morgan fingerprint density at radius 3 is 2.03 bits per heavy atom. The summed E-state index contributed by atoms with van der Waals surface area (Å²) in [5.74, 6) is -0.164. The van der Waals surface area contributed by atoms with Gasteiger partial charge in [-0.3, -0.25) is 9.59 Å². The molecule has 2 heterocycles. The second-order valence-electron chi connectivity index (χ2n) is 8.45. The Morgan fingerprint density at radius 1 is 0.794 bits per heavy atom. The Bertz CT molecular complexity index is 1260. The molecule has 6 nitrogen and oxygen atoms in total. The van der Waals surface area contributed by atoms with Crippen molar-refractivity contribution >= 4 is 17.5 Å². The molecule has 5 rings (SSSR count). The molecule has 34 heavy (non-hydrogen) atoms. The van der Waals surface area contributed by atoms with Gasteiger partial charge in [-0.15, -0.1) is 0 Å². The highest BCUT2D eigenvalue weighted by Gasteiger charge is 2.30. The van der Waals surface area contributed by atoms with Crippen LogP contribution >= 0.6 is 0 Å². The number of para-hydroxylation sites is 2. The first kappa shape index (κ1) is 21.6. The lowest BCUT2D eigenvalue weighted by molar-refractivity contribution is -0.121. The van der Waals surface area contributed by atoms with Gasteiger partial charge < -0.3 is 10.2 Å². The number of hydrogen-bond acceptors (Lipinski definition) is 3. The monoisotopic (exact) mass is 450 g/mol. The molecule has 1 aliphatic heterocycles. The van der Waals surface area contributed by atoms with Crippen LogP contribution in [0.15, 0.2) is 97.1 Å². The number of anilines is 1. The smallest absolute Gasteiger partial charge is 0.272 e. The summed E-state index contributed by atoms with van der Waals surface area (Å²) < 4.78 is 1.72. The molecule has 0 saturated carbocycles. The molecule has 0 spiro atoms. The van der Waals surface area contributed by atoms with E-state index in [1.165, 1.54) is 0 Å². The fraction of sp³-hybridized carbons (Fsp3) is 0.179. The molecule has 0 unspecified atom stereocenters. The molecule has 170 valence electrons. The van der Waals surface area contributed by atoms with E-state index in [1.807, 2.05) is 102 Å². The molecule has 2 amide bonds. The summed E-state index contributed by atoms with van der Waals surface area (Å²) in [7, 11) is 0. The van der Waals surface area contributed by atoms with Crippen molar-refractivity contribution in [2.45, 2.75) is 12.8 Å². The van der Waals surface area contributed by atoms with Crippen molar-refractivity contribution < 1.29 is 9.59 Å². The number of rotatable bonds is 5. The summed E-state index contributed by atoms with van der Waals surface area (Å²) in [6, 6.07) is 30.9. The Labute approximate surface area is 198 Å². The molecule has 0 atom stereocenters. The normalized spacial score (nSPS) is 14.1. The van der Waals surface area contributed by atoms with Crippen LogP contribution in [0.25, 0.3) is 16.9 Å². The summed E-state index contributed by atoms with van der Waals surface area (Å²) in [5, 5.41) is 7.74. The largest absolute Gasteiger partial charge is 0.337 e. The molecular formula is C28H26N4O2. The maximum atomic E-state index is 13.6. The molecule has 1 aromatic heterocycles. The molecule has 4 aromatic rings. The number of carbonyl (C=O) groups is 2. The third kappa shape index (κ3) is 4.62. The lowest BCUT2D eigenvalue weighted by atomic mass is 9.95. The first-order chi connectivity index (χ1) is 16.7. The SMILES string of the molecule is O=C(Nc1ccccc1)C1CCN(C(=O)c2cc(-c3ccccc3)nn2-c2ccccc2)CC1. The molecular weight excluding hydrogens is 424 g/mol. The maximum Gasteiger partial charge on any atom is 0.272 e. The van der Waals surface area contributed by atoms with Gasteiger partial charge in [0, 0.05) is 30.3 Å². The maximum absolute atomic E-state index is 13.6. The number of hydrogen-bond donors (Lipinski definition) is 1. The molecule has 3 aromatic carbocycles. The van der Waals surface area contributed by atoms with E-state index in [2.05, 4.69) is 5.32 Å². The number of benzene rings is 3. The second kappa shape index (κ2) is 9.75. The van der Waals surface area contributed by atoms with E-state index >= 15 is 0 Å². The van der Waals surface area contributed by atoms with Gasteiger partial charge in [-0.1, -0.05) is 66.7 Å². The summed E-state index contributed by atoms with van der Waals surface area (Å²) in [4.78, 5) is 28.1. The van der Waals surface area contributed by atoms with Gasteiger partial charge in [0.2, 0.25) is 5.91 Å². The van der Waals surface area contributed by atoms with Crippen molar-refractivity contribution in [2.75, 3.05) is 18.4 Å². The number of carbonyl (C=O) groups excluding carboxylic acids is 2. The van der Waals surface area contributed by atoms with Gasteiger partial charge in [0.1, 0.15) is 5.69 Å². The summed E-state index contributed by atoms with van der Waals surface area (Å²) in [5.41, 5.74) is 3.88. The fourth-order valence-electron chi connectivity index (χ4n) is 4.32. The zero-order valence-corrected chi connectivity index (χ0v) is 18.8. The van der Waals surface area contributed by atoms with Gasteiger partial charge >= 0.3 is 0 Å². The highest BCUT2D eigenvalue weighted by molar-refractivity contribution is 5.95. The van der Waals surface area contributed by atoms with Crippen LogP contribution in [0.5, 0.6) is 0 Å². The van der Waals surface area contributed by atoms with Crippen LogP contribution in [0.4, 0.5) is 5.69 Å². The van der Waals surface area contributed by atoms with Crippen LogP contribution in [-0.4, -0.2) is 39.6 Å². The standard InChI is InChI=1S/C28H26N4O2/c33-27(29-23-12-6-2-7-13-23)22-16-18-31(19-17-22)28(34)26-20-25(21-10-4-1-5-11-21)30-32(26)24-14-8-3-9-15-24/h1-15,20,22H,16-19H2,(H,29,33). The Balaban J connectivity index is 1.33. The molecule has 1 fully saturated rings. The predicted octanol–water partition coefficient (Wildman–Crippen LogP) is 5.03. The lowest BCUT2D eigenvalue weighted by Gasteiger charge is -2.31. The highest BCUT2D eigenvalue weighted by Crippen LogP contribution is 2.25. The number of piperidine rings is 1. The molecule has 0 radical (unpaired) electrons. The van der Waals surface area contributed by atoms with E-state index in [-0.39, 0.29) is 17.7 Å². The molecule has 1 N–H and O–H groups in total. The van der Waals surface area contributed by atoms with E-state index in [9.17, 15) is 9.59 Å². The summed E-state index contributed by atoms with van der Waals surface area (Å²) >= 11 is 0. The van der Waals surface area contributed by atoms with Crippen molar-refractivity contribution in [3.8, 4) is 16.9 Å². The van der Waals surface area contributed by atoms with E-state index in [0.717, 1.165) is 22.6 Å².